The van der Waals surface area contributed by atoms with Gasteiger partial charge in [-0.15, -0.1) is 0 Å². The van der Waals surface area contributed by atoms with Crippen molar-refractivity contribution in [1.82, 2.24) is 14.4 Å². The summed E-state index contributed by atoms with van der Waals surface area (Å²) in [6, 6.07) is 9.74. The molecule has 5 rings (SSSR count). The highest BCUT2D eigenvalue weighted by molar-refractivity contribution is 7.89. The third kappa shape index (κ3) is 3.98. The van der Waals surface area contributed by atoms with Gasteiger partial charge in [0.2, 0.25) is 10.0 Å². The van der Waals surface area contributed by atoms with E-state index in [2.05, 4.69) is 22.2 Å². The van der Waals surface area contributed by atoms with Crippen molar-refractivity contribution in [2.24, 2.45) is 11.1 Å². The van der Waals surface area contributed by atoms with Crippen molar-refractivity contribution in [2.75, 3.05) is 5.32 Å². The van der Waals surface area contributed by atoms with Crippen LogP contribution in [0.25, 0.3) is 16.9 Å². The molecule has 1 saturated carbocycles. The van der Waals surface area contributed by atoms with Gasteiger partial charge in [-0.1, -0.05) is 19.1 Å². The first-order valence-electron chi connectivity index (χ1n) is 10.5. The zero-order valence-corrected chi connectivity index (χ0v) is 18.6. The second kappa shape index (κ2) is 7.75. The Hall–Kier alpha value is -3.63. The quantitative estimate of drug-likeness (QED) is 0.320. The number of nitrogens with two attached hydrogens (primary N) is 1. The minimum Gasteiger partial charge on any atom is -0.504 e. The molecule has 2 heterocycles. The highest BCUT2D eigenvalue weighted by Crippen LogP contribution is 2.52. The standard InChI is InChI=1S/C23H23N5O4S/c1-13-8-17(13)18-9-15(10-20(29)21(18)30)19-12-27-23-22(25-6-7-28(19)23)26-11-14-2-4-16(5-3-14)33(24,31)32/h2-7,9-10,12-13,17,29-30H,8,11H2,1H3,(H,25,26)(H2,24,31,32). The average molecular weight is 466 g/mol. The van der Waals surface area contributed by atoms with Crippen molar-refractivity contribution >= 4 is 21.5 Å². The third-order valence-electron chi connectivity index (χ3n) is 6.06. The van der Waals surface area contributed by atoms with Gasteiger partial charge in [-0.05, 0) is 48.1 Å². The van der Waals surface area contributed by atoms with Gasteiger partial charge in [0.25, 0.3) is 0 Å². The van der Waals surface area contributed by atoms with E-state index >= 15 is 0 Å². The first kappa shape index (κ1) is 21.2. The number of aromatic hydroxyl groups is 2. The maximum Gasteiger partial charge on any atom is 0.238 e. The topological polar surface area (TPSA) is 143 Å². The maximum absolute atomic E-state index is 11.4. The van der Waals surface area contributed by atoms with Crippen LogP contribution in [-0.2, 0) is 16.6 Å². The molecule has 33 heavy (non-hydrogen) atoms. The van der Waals surface area contributed by atoms with Crippen molar-refractivity contribution in [3.8, 4) is 22.8 Å². The number of nitrogens with zero attached hydrogens (tertiary/aromatic N) is 3. The fraction of sp³-hybridized carbons (Fsp3) is 0.217. The number of nitrogens with one attached hydrogen (secondary N) is 1. The lowest BCUT2D eigenvalue weighted by Crippen LogP contribution is -2.12. The Bertz CT molecular complexity index is 1460. The van der Waals surface area contributed by atoms with Crippen LogP contribution < -0.4 is 10.5 Å². The third-order valence-corrected chi connectivity index (χ3v) is 6.99. The number of imidazole rings is 1. The molecular formula is C23H23N5O4S. The number of hydrogen-bond donors (Lipinski definition) is 4. The van der Waals surface area contributed by atoms with Crippen LogP contribution in [0.2, 0.25) is 0 Å². The molecule has 9 nitrogen and oxygen atoms in total. The summed E-state index contributed by atoms with van der Waals surface area (Å²) < 4.78 is 24.7. The second-order valence-corrected chi connectivity index (χ2v) is 9.97. The summed E-state index contributed by atoms with van der Waals surface area (Å²) in [5.41, 5.74) is 3.72. The van der Waals surface area contributed by atoms with Gasteiger partial charge in [0.15, 0.2) is 23.0 Å². The monoisotopic (exact) mass is 465 g/mol. The summed E-state index contributed by atoms with van der Waals surface area (Å²) in [7, 11) is -3.73. The molecule has 170 valence electrons. The molecule has 0 bridgehead atoms. The van der Waals surface area contributed by atoms with Gasteiger partial charge in [-0.3, -0.25) is 4.40 Å². The van der Waals surface area contributed by atoms with E-state index in [0.717, 1.165) is 28.8 Å². The largest absolute Gasteiger partial charge is 0.504 e. The van der Waals surface area contributed by atoms with Gasteiger partial charge in [0.1, 0.15) is 0 Å². The van der Waals surface area contributed by atoms with E-state index in [1.54, 1.807) is 30.7 Å². The Morgan fingerprint density at radius 3 is 2.58 bits per heavy atom. The lowest BCUT2D eigenvalue weighted by Gasteiger charge is -2.11. The molecular weight excluding hydrogens is 442 g/mol. The first-order valence-corrected chi connectivity index (χ1v) is 12.0. The van der Waals surface area contributed by atoms with Crippen LogP contribution in [-0.4, -0.2) is 33.0 Å². The normalized spacial score (nSPS) is 17.9. The summed E-state index contributed by atoms with van der Waals surface area (Å²) in [5.74, 6) is 1.07. The number of hydrogen-bond acceptors (Lipinski definition) is 7. The zero-order valence-electron chi connectivity index (χ0n) is 17.8. The summed E-state index contributed by atoms with van der Waals surface area (Å²) in [4.78, 5) is 8.95. The number of phenolic OH excluding ortho intramolecular Hbond substituents is 2. The van der Waals surface area contributed by atoms with E-state index < -0.39 is 10.0 Å². The van der Waals surface area contributed by atoms with Gasteiger partial charge in [-0.2, -0.15) is 0 Å². The van der Waals surface area contributed by atoms with E-state index in [1.165, 1.54) is 18.2 Å². The molecule has 0 amide bonds. The maximum atomic E-state index is 11.4. The number of rotatable bonds is 6. The molecule has 2 aromatic carbocycles. The van der Waals surface area contributed by atoms with E-state index in [-0.39, 0.29) is 22.3 Å². The summed E-state index contributed by atoms with van der Waals surface area (Å²) in [6.45, 7) is 2.53. The van der Waals surface area contributed by atoms with E-state index in [9.17, 15) is 18.6 Å². The predicted octanol–water partition coefficient (Wildman–Crippen LogP) is 3.19. The highest BCUT2D eigenvalue weighted by atomic mass is 32.2. The molecule has 5 N–H and O–H groups in total. The number of phenols is 2. The zero-order chi connectivity index (χ0) is 23.3. The van der Waals surface area contributed by atoms with Gasteiger partial charge >= 0.3 is 0 Å². The summed E-state index contributed by atoms with van der Waals surface area (Å²) in [6.07, 6.45) is 6.12. The SMILES string of the molecule is CC1CC1c1cc(-c2cnc3c(NCc4ccc(S(N)(=O)=O)cc4)nccn23)cc(O)c1O. The first-order chi connectivity index (χ1) is 15.7. The molecule has 1 aliphatic rings. The van der Waals surface area contributed by atoms with Crippen molar-refractivity contribution < 1.29 is 18.6 Å². The predicted molar refractivity (Wildman–Crippen MR) is 123 cm³/mol. The average Bonchev–Trinajstić information content (AvgIpc) is 3.34. The molecule has 0 spiro atoms. The van der Waals surface area contributed by atoms with Crippen LogP contribution in [0.5, 0.6) is 11.5 Å². The number of anilines is 1. The number of sulfonamides is 1. The Kier molecular flexibility index (Phi) is 4.98. The number of benzene rings is 2. The van der Waals surface area contributed by atoms with Gasteiger partial charge < -0.3 is 15.5 Å². The van der Waals surface area contributed by atoms with Crippen molar-refractivity contribution in [3.63, 3.8) is 0 Å². The van der Waals surface area contributed by atoms with E-state index in [0.29, 0.717) is 23.9 Å². The van der Waals surface area contributed by atoms with Crippen LogP contribution in [0.1, 0.15) is 30.4 Å². The Morgan fingerprint density at radius 1 is 1.18 bits per heavy atom. The number of primary sulfonamides is 1. The molecule has 0 aliphatic heterocycles. The summed E-state index contributed by atoms with van der Waals surface area (Å²) in [5, 5.41) is 29.0. The van der Waals surface area contributed by atoms with Crippen LogP contribution in [0.4, 0.5) is 5.82 Å². The molecule has 0 saturated heterocycles. The van der Waals surface area contributed by atoms with Gasteiger partial charge in [0, 0.05) is 30.1 Å². The van der Waals surface area contributed by atoms with Crippen molar-refractivity contribution in [2.45, 2.75) is 30.7 Å². The lowest BCUT2D eigenvalue weighted by atomic mass is 10.0. The number of aromatic nitrogens is 3. The van der Waals surface area contributed by atoms with Crippen LogP contribution in [0, 0.1) is 5.92 Å². The minimum atomic E-state index is -3.73. The van der Waals surface area contributed by atoms with E-state index in [4.69, 9.17) is 5.14 Å². The minimum absolute atomic E-state index is 0.0561. The van der Waals surface area contributed by atoms with Crippen molar-refractivity contribution in [1.29, 1.82) is 0 Å². The van der Waals surface area contributed by atoms with Gasteiger partial charge in [0.05, 0.1) is 16.8 Å². The molecule has 2 atom stereocenters. The molecule has 0 radical (unpaired) electrons. The fourth-order valence-electron chi connectivity index (χ4n) is 4.07. The van der Waals surface area contributed by atoms with Crippen LogP contribution in [0.15, 0.2) is 59.9 Å². The molecule has 10 heteroatoms. The van der Waals surface area contributed by atoms with Crippen LogP contribution >= 0.6 is 0 Å². The highest BCUT2D eigenvalue weighted by Gasteiger charge is 2.37. The fourth-order valence-corrected chi connectivity index (χ4v) is 4.58. The molecule has 1 aliphatic carbocycles. The molecule has 2 aromatic heterocycles. The van der Waals surface area contributed by atoms with Crippen LogP contribution in [0.3, 0.4) is 0 Å². The Balaban J connectivity index is 1.44. The van der Waals surface area contributed by atoms with Crippen molar-refractivity contribution in [3.05, 3.63) is 66.1 Å². The summed E-state index contributed by atoms with van der Waals surface area (Å²) >= 11 is 0. The van der Waals surface area contributed by atoms with Gasteiger partial charge in [-0.25, -0.2) is 23.5 Å². The number of fused-ring (bicyclic) bond motifs is 1. The Morgan fingerprint density at radius 2 is 1.91 bits per heavy atom. The molecule has 1 fully saturated rings. The van der Waals surface area contributed by atoms with E-state index in [1.807, 2.05) is 10.5 Å². The molecule has 2 unspecified atom stereocenters. The second-order valence-electron chi connectivity index (χ2n) is 8.41. The smallest absolute Gasteiger partial charge is 0.238 e. The molecule has 4 aromatic rings. The lowest BCUT2D eigenvalue weighted by molar-refractivity contribution is 0.399. The Labute approximate surface area is 190 Å².